The predicted molar refractivity (Wildman–Crippen MR) is 141 cm³/mol. The van der Waals surface area contributed by atoms with Gasteiger partial charge in [-0.05, 0) is 0 Å². The van der Waals surface area contributed by atoms with E-state index in [1.54, 1.807) is 0 Å². The van der Waals surface area contributed by atoms with Crippen LogP contribution in [0.2, 0.25) is 10.0 Å². The van der Waals surface area contributed by atoms with Crippen LogP contribution in [0, 0.1) is 6.92 Å². The first-order valence-corrected chi connectivity index (χ1v) is 12.9. The fourth-order valence-corrected chi connectivity index (χ4v) is 6.82. The van der Waals surface area contributed by atoms with Crippen molar-refractivity contribution in [1.82, 2.24) is 0 Å². The Labute approximate surface area is 205 Å². The van der Waals surface area contributed by atoms with E-state index in [2.05, 4.69) is 91.9 Å². The van der Waals surface area contributed by atoms with Gasteiger partial charge in [-0.1, -0.05) is 0 Å². The van der Waals surface area contributed by atoms with Gasteiger partial charge in [-0.3, -0.25) is 0 Å². The van der Waals surface area contributed by atoms with Crippen molar-refractivity contribution >= 4 is 57.9 Å². The molecule has 0 heterocycles. The molecule has 5 rings (SSSR count). The Morgan fingerprint density at radius 1 is 0.562 bits per heavy atom. The molecule has 3 heteroatoms. The zero-order valence-electron chi connectivity index (χ0n) is 17.5. The van der Waals surface area contributed by atoms with Gasteiger partial charge in [0.1, 0.15) is 0 Å². The van der Waals surface area contributed by atoms with Crippen molar-refractivity contribution in [2.75, 3.05) is 0 Å². The summed E-state index contributed by atoms with van der Waals surface area (Å²) in [4.78, 5) is 0. The fourth-order valence-electron chi connectivity index (χ4n) is 4.18. The molecule has 32 heavy (non-hydrogen) atoms. The molecule has 0 aliphatic rings. The standard InChI is InChI=1S/C29H20Cl2Se/c1-19-27(20-8-4-2-5-9-20)26-18-23(31)16-17-25(26)28(21-12-14-22(30)15-13-21)29(19)32-24-10-6-3-7-11-24/h2-18H,1H3. The van der Waals surface area contributed by atoms with Crippen LogP contribution < -0.4 is 8.92 Å². The van der Waals surface area contributed by atoms with Crippen LogP contribution in [0.15, 0.2) is 103 Å². The van der Waals surface area contributed by atoms with Crippen molar-refractivity contribution in [3.8, 4) is 22.3 Å². The molecule has 0 nitrogen and oxygen atoms in total. The van der Waals surface area contributed by atoms with Crippen LogP contribution in [0.5, 0.6) is 0 Å². The molecule has 0 fully saturated rings. The Bertz CT molecular complexity index is 1390. The molecule has 0 spiro atoms. The second kappa shape index (κ2) is 9.14. The Balaban J connectivity index is 1.90. The van der Waals surface area contributed by atoms with Gasteiger partial charge >= 0.3 is 206 Å². The van der Waals surface area contributed by atoms with E-state index >= 15 is 0 Å². The summed E-state index contributed by atoms with van der Waals surface area (Å²) in [5, 5.41) is 3.89. The molecule has 0 N–H and O–H groups in total. The third-order valence-electron chi connectivity index (χ3n) is 5.62. The second-order valence-electron chi connectivity index (χ2n) is 7.68. The average molecular weight is 518 g/mol. The number of hydrogen-bond acceptors (Lipinski definition) is 0. The summed E-state index contributed by atoms with van der Waals surface area (Å²) in [6.07, 6.45) is 0. The zero-order chi connectivity index (χ0) is 22.1. The molecule has 0 unspecified atom stereocenters. The minimum atomic E-state index is 0.137. The van der Waals surface area contributed by atoms with Gasteiger partial charge in [0.15, 0.2) is 0 Å². The Morgan fingerprint density at radius 3 is 1.84 bits per heavy atom. The van der Waals surface area contributed by atoms with Crippen molar-refractivity contribution < 1.29 is 0 Å². The molecule has 0 atom stereocenters. The monoisotopic (exact) mass is 518 g/mol. The summed E-state index contributed by atoms with van der Waals surface area (Å²) in [5.41, 5.74) is 6.23. The van der Waals surface area contributed by atoms with E-state index in [0.717, 1.165) is 10.0 Å². The topological polar surface area (TPSA) is 0 Å². The Kier molecular flexibility index (Phi) is 6.09. The Hall–Kier alpha value is -2.54. The van der Waals surface area contributed by atoms with Crippen LogP contribution in [-0.4, -0.2) is 15.0 Å². The van der Waals surface area contributed by atoms with Crippen LogP contribution in [0.25, 0.3) is 33.0 Å². The molecule has 0 bridgehead atoms. The van der Waals surface area contributed by atoms with E-state index in [1.165, 1.54) is 47.5 Å². The molecule has 0 amide bonds. The summed E-state index contributed by atoms with van der Waals surface area (Å²) in [6, 6.07) is 35.8. The molecule has 156 valence electrons. The van der Waals surface area contributed by atoms with Gasteiger partial charge in [0.25, 0.3) is 0 Å². The third-order valence-corrected chi connectivity index (χ3v) is 8.67. The van der Waals surface area contributed by atoms with Gasteiger partial charge in [-0.2, -0.15) is 0 Å². The summed E-state index contributed by atoms with van der Waals surface area (Å²) in [7, 11) is 0. The first-order chi connectivity index (χ1) is 15.6. The van der Waals surface area contributed by atoms with E-state index in [1.807, 2.05) is 18.2 Å². The quantitative estimate of drug-likeness (QED) is 0.217. The predicted octanol–water partition coefficient (Wildman–Crippen LogP) is 7.44. The van der Waals surface area contributed by atoms with Gasteiger partial charge in [0.2, 0.25) is 0 Å². The van der Waals surface area contributed by atoms with Crippen LogP contribution >= 0.6 is 23.2 Å². The van der Waals surface area contributed by atoms with Crippen LogP contribution in [0.4, 0.5) is 0 Å². The van der Waals surface area contributed by atoms with Crippen molar-refractivity contribution in [2.24, 2.45) is 0 Å². The average Bonchev–Trinajstić information content (AvgIpc) is 2.82. The number of hydrogen-bond donors (Lipinski definition) is 0. The van der Waals surface area contributed by atoms with Crippen LogP contribution in [0.3, 0.4) is 0 Å². The third kappa shape index (κ3) is 4.10. The number of benzene rings is 5. The zero-order valence-corrected chi connectivity index (χ0v) is 20.7. The summed E-state index contributed by atoms with van der Waals surface area (Å²) < 4.78 is 2.74. The second-order valence-corrected chi connectivity index (χ2v) is 10.8. The number of rotatable bonds is 4. The number of fused-ring (bicyclic) bond motifs is 1. The first kappa shape index (κ1) is 21.3. The van der Waals surface area contributed by atoms with E-state index in [-0.39, 0.29) is 15.0 Å². The van der Waals surface area contributed by atoms with Crippen LogP contribution in [0.1, 0.15) is 5.56 Å². The first-order valence-electron chi connectivity index (χ1n) is 10.4. The van der Waals surface area contributed by atoms with E-state index in [9.17, 15) is 0 Å². The van der Waals surface area contributed by atoms with Crippen molar-refractivity contribution in [3.05, 3.63) is 119 Å². The van der Waals surface area contributed by atoms with Gasteiger partial charge in [-0.25, -0.2) is 0 Å². The molecule has 0 aromatic heterocycles. The maximum atomic E-state index is 6.51. The SMILES string of the molecule is Cc1c([Se]c2ccccc2)c(-c2ccc(Cl)cc2)c2ccc(Cl)cc2c1-c1ccccc1. The molecular formula is C29H20Cl2Se. The summed E-state index contributed by atoms with van der Waals surface area (Å²) in [5.74, 6) is 0. The van der Waals surface area contributed by atoms with E-state index in [4.69, 9.17) is 23.2 Å². The number of halogens is 2. The molecule has 5 aromatic rings. The van der Waals surface area contributed by atoms with Gasteiger partial charge < -0.3 is 0 Å². The van der Waals surface area contributed by atoms with Crippen molar-refractivity contribution in [2.45, 2.75) is 6.92 Å². The molecular weight excluding hydrogens is 498 g/mol. The molecule has 0 aliphatic carbocycles. The van der Waals surface area contributed by atoms with E-state index < -0.39 is 0 Å². The fraction of sp³-hybridized carbons (Fsp3) is 0.0345. The normalized spacial score (nSPS) is 11.1. The minimum absolute atomic E-state index is 0.137. The Morgan fingerprint density at radius 2 is 1.16 bits per heavy atom. The summed E-state index contributed by atoms with van der Waals surface area (Å²) >= 11 is 12.9. The van der Waals surface area contributed by atoms with Gasteiger partial charge in [0, 0.05) is 0 Å². The molecule has 5 aromatic carbocycles. The van der Waals surface area contributed by atoms with Gasteiger partial charge in [0.05, 0.1) is 0 Å². The van der Waals surface area contributed by atoms with E-state index in [0.29, 0.717) is 0 Å². The maximum absolute atomic E-state index is 6.51. The van der Waals surface area contributed by atoms with Crippen molar-refractivity contribution in [1.29, 1.82) is 0 Å². The molecule has 0 saturated carbocycles. The van der Waals surface area contributed by atoms with Crippen LogP contribution in [-0.2, 0) is 0 Å². The van der Waals surface area contributed by atoms with Crippen molar-refractivity contribution in [3.63, 3.8) is 0 Å². The molecule has 0 aliphatic heterocycles. The van der Waals surface area contributed by atoms with Gasteiger partial charge in [-0.15, -0.1) is 0 Å². The molecule has 0 radical (unpaired) electrons. The molecule has 0 saturated heterocycles. The summed E-state index contributed by atoms with van der Waals surface area (Å²) in [6.45, 7) is 2.25.